The third kappa shape index (κ3) is 9.82. The second kappa shape index (κ2) is 10.6. The van der Waals surface area contributed by atoms with Crippen molar-refractivity contribution in [3.05, 3.63) is 0 Å². The average molecular weight is 330 g/mol. The van der Waals surface area contributed by atoms with Crippen LogP contribution in [-0.4, -0.2) is 40.7 Å². The van der Waals surface area contributed by atoms with E-state index in [-0.39, 0.29) is 42.0 Å². The fourth-order valence-corrected chi connectivity index (χ4v) is 2.84. The van der Waals surface area contributed by atoms with Gasteiger partial charge in [0, 0.05) is 36.6 Å². The van der Waals surface area contributed by atoms with E-state index in [9.17, 15) is 14.4 Å². The lowest BCUT2D eigenvalue weighted by Gasteiger charge is -2.19. The van der Waals surface area contributed by atoms with Gasteiger partial charge in [-0.25, -0.2) is 0 Å². The van der Waals surface area contributed by atoms with Gasteiger partial charge >= 0.3 is 0 Å². The van der Waals surface area contributed by atoms with Crippen LogP contribution in [0.1, 0.15) is 54.4 Å². The molecule has 0 rings (SSSR count). The molecular formula is C16H30N2O3S. The molecule has 2 amide bonds. The van der Waals surface area contributed by atoms with Crippen LogP contribution in [0.25, 0.3) is 0 Å². The van der Waals surface area contributed by atoms with Crippen LogP contribution in [0.3, 0.4) is 0 Å². The van der Waals surface area contributed by atoms with Gasteiger partial charge in [0.1, 0.15) is 5.78 Å². The van der Waals surface area contributed by atoms with Gasteiger partial charge in [0.05, 0.1) is 5.25 Å². The van der Waals surface area contributed by atoms with Gasteiger partial charge < -0.3 is 10.6 Å². The highest BCUT2D eigenvalue weighted by atomic mass is 32.2. The number of thioether (sulfide) groups is 1. The summed E-state index contributed by atoms with van der Waals surface area (Å²) in [6, 6.07) is 0.0786. The lowest BCUT2D eigenvalue weighted by molar-refractivity contribution is -0.126. The largest absolute Gasteiger partial charge is 0.354 e. The fourth-order valence-electron chi connectivity index (χ4n) is 1.74. The van der Waals surface area contributed by atoms with Crippen molar-refractivity contribution in [1.82, 2.24) is 10.6 Å². The normalized spacial score (nSPS) is 12.6. The summed E-state index contributed by atoms with van der Waals surface area (Å²) in [5.41, 5.74) is 0. The molecule has 0 aromatic heterocycles. The van der Waals surface area contributed by atoms with Crippen LogP contribution >= 0.6 is 11.8 Å². The van der Waals surface area contributed by atoms with Gasteiger partial charge in [-0.3, -0.25) is 14.4 Å². The van der Waals surface area contributed by atoms with E-state index in [0.29, 0.717) is 12.2 Å². The smallest absolute Gasteiger partial charge is 0.233 e. The summed E-state index contributed by atoms with van der Waals surface area (Å²) in [5.74, 6) is 0.467. The van der Waals surface area contributed by atoms with E-state index >= 15 is 0 Å². The number of carbonyl (C=O) groups is 3. The van der Waals surface area contributed by atoms with Crippen LogP contribution in [0.2, 0.25) is 0 Å². The quantitative estimate of drug-likeness (QED) is 0.643. The minimum Gasteiger partial charge on any atom is -0.354 e. The standard InChI is InChI=1S/C16H30N2O3S/c1-10(2)13(19)7-8-22-14(16(21)18-12(5)6)9-15(20)17-11(3)4/h10-12,14H,7-9H2,1-6H3,(H,17,20)(H,18,21). The molecule has 0 saturated heterocycles. The monoisotopic (exact) mass is 330 g/mol. The topological polar surface area (TPSA) is 75.3 Å². The maximum atomic E-state index is 12.2. The molecule has 0 aliphatic rings. The first-order chi connectivity index (χ1) is 10.1. The first kappa shape index (κ1) is 21.0. The van der Waals surface area contributed by atoms with Crippen molar-refractivity contribution in [2.75, 3.05) is 5.75 Å². The second-order valence-corrected chi connectivity index (χ2v) is 7.63. The van der Waals surface area contributed by atoms with Crippen LogP contribution < -0.4 is 10.6 Å². The van der Waals surface area contributed by atoms with Crippen molar-refractivity contribution in [2.45, 2.75) is 71.7 Å². The number of hydrogen-bond acceptors (Lipinski definition) is 4. The highest BCUT2D eigenvalue weighted by Crippen LogP contribution is 2.18. The van der Waals surface area contributed by atoms with Crippen LogP contribution in [-0.2, 0) is 14.4 Å². The molecule has 0 aromatic rings. The zero-order valence-corrected chi connectivity index (χ0v) is 15.4. The van der Waals surface area contributed by atoms with Crippen molar-refractivity contribution in [1.29, 1.82) is 0 Å². The lowest BCUT2D eigenvalue weighted by Crippen LogP contribution is -2.41. The van der Waals surface area contributed by atoms with E-state index in [2.05, 4.69) is 10.6 Å². The Kier molecular flexibility index (Phi) is 10.1. The van der Waals surface area contributed by atoms with Crippen LogP contribution in [0.4, 0.5) is 0 Å². The first-order valence-corrected chi connectivity index (χ1v) is 8.92. The molecular weight excluding hydrogens is 300 g/mol. The number of nitrogens with one attached hydrogen (secondary N) is 2. The predicted molar refractivity (Wildman–Crippen MR) is 91.9 cm³/mol. The van der Waals surface area contributed by atoms with E-state index in [1.54, 1.807) is 0 Å². The molecule has 1 atom stereocenters. The maximum absolute atomic E-state index is 12.2. The number of carbonyl (C=O) groups excluding carboxylic acids is 3. The summed E-state index contributed by atoms with van der Waals surface area (Å²) in [6.45, 7) is 11.3. The summed E-state index contributed by atoms with van der Waals surface area (Å²) in [5, 5.41) is 5.18. The Morgan fingerprint density at radius 2 is 1.45 bits per heavy atom. The molecule has 22 heavy (non-hydrogen) atoms. The molecule has 0 spiro atoms. The first-order valence-electron chi connectivity index (χ1n) is 7.87. The third-order valence-electron chi connectivity index (χ3n) is 2.86. The number of ketones is 1. The number of Topliss-reactive ketones (excluding diaryl/α,β-unsaturated/α-hetero) is 1. The third-order valence-corrected chi connectivity index (χ3v) is 4.08. The minimum absolute atomic E-state index is 0.00720. The molecule has 0 radical (unpaired) electrons. The molecule has 0 saturated carbocycles. The fraction of sp³-hybridized carbons (Fsp3) is 0.812. The summed E-state index contributed by atoms with van der Waals surface area (Å²) in [6.07, 6.45) is 0.566. The highest BCUT2D eigenvalue weighted by Gasteiger charge is 2.23. The molecule has 0 fully saturated rings. The van der Waals surface area contributed by atoms with Gasteiger partial charge in [0.25, 0.3) is 0 Å². The summed E-state index contributed by atoms with van der Waals surface area (Å²) in [4.78, 5) is 35.7. The van der Waals surface area contributed by atoms with Gasteiger partial charge in [-0.15, -0.1) is 11.8 Å². The molecule has 6 heteroatoms. The number of hydrogen-bond donors (Lipinski definition) is 2. The molecule has 0 aliphatic carbocycles. The van der Waals surface area contributed by atoms with Crippen LogP contribution in [0, 0.1) is 5.92 Å². The lowest BCUT2D eigenvalue weighted by atomic mass is 10.1. The predicted octanol–water partition coefficient (Wildman–Crippen LogP) is 2.14. The van der Waals surface area contributed by atoms with E-state index in [1.165, 1.54) is 11.8 Å². The van der Waals surface area contributed by atoms with E-state index in [1.807, 2.05) is 41.5 Å². The Bertz CT molecular complexity index is 382. The van der Waals surface area contributed by atoms with E-state index in [4.69, 9.17) is 0 Å². The Balaban J connectivity index is 4.55. The highest BCUT2D eigenvalue weighted by molar-refractivity contribution is 8.00. The zero-order valence-electron chi connectivity index (χ0n) is 14.6. The molecule has 0 aromatic carbocycles. The molecule has 0 bridgehead atoms. The Morgan fingerprint density at radius 3 is 1.91 bits per heavy atom. The molecule has 2 N–H and O–H groups in total. The van der Waals surface area contributed by atoms with Crippen molar-refractivity contribution in [2.24, 2.45) is 5.92 Å². The van der Waals surface area contributed by atoms with Crippen molar-refractivity contribution in [3.63, 3.8) is 0 Å². The van der Waals surface area contributed by atoms with Crippen molar-refractivity contribution < 1.29 is 14.4 Å². The molecule has 0 heterocycles. The maximum Gasteiger partial charge on any atom is 0.233 e. The number of amides is 2. The summed E-state index contributed by atoms with van der Waals surface area (Å²) < 4.78 is 0. The summed E-state index contributed by atoms with van der Waals surface area (Å²) in [7, 11) is 0. The SMILES string of the molecule is CC(C)NC(=O)CC(SCCC(=O)C(C)C)C(=O)NC(C)C. The van der Waals surface area contributed by atoms with E-state index < -0.39 is 5.25 Å². The molecule has 0 aliphatic heterocycles. The zero-order chi connectivity index (χ0) is 17.3. The van der Waals surface area contributed by atoms with Crippen molar-refractivity contribution >= 4 is 29.4 Å². The number of rotatable bonds is 10. The van der Waals surface area contributed by atoms with Gasteiger partial charge in [0.2, 0.25) is 11.8 Å². The average Bonchev–Trinajstić information content (AvgIpc) is 2.35. The van der Waals surface area contributed by atoms with Gasteiger partial charge in [-0.1, -0.05) is 13.8 Å². The Hall–Kier alpha value is -1.04. The minimum atomic E-state index is -0.457. The molecule has 5 nitrogen and oxygen atoms in total. The van der Waals surface area contributed by atoms with Gasteiger partial charge in [0.15, 0.2) is 0 Å². The van der Waals surface area contributed by atoms with E-state index in [0.717, 1.165) is 0 Å². The second-order valence-electron chi connectivity index (χ2n) is 6.32. The molecule has 1 unspecified atom stereocenters. The van der Waals surface area contributed by atoms with Crippen molar-refractivity contribution in [3.8, 4) is 0 Å². The summed E-state index contributed by atoms with van der Waals surface area (Å²) >= 11 is 1.38. The Labute approximate surface area is 138 Å². The van der Waals surface area contributed by atoms with Crippen LogP contribution in [0.5, 0.6) is 0 Å². The Morgan fingerprint density at radius 1 is 0.909 bits per heavy atom. The van der Waals surface area contributed by atoms with Crippen LogP contribution in [0.15, 0.2) is 0 Å². The molecule has 128 valence electrons. The van der Waals surface area contributed by atoms with Gasteiger partial charge in [-0.2, -0.15) is 0 Å². The van der Waals surface area contributed by atoms with Gasteiger partial charge in [-0.05, 0) is 27.7 Å².